The van der Waals surface area contributed by atoms with E-state index in [4.69, 9.17) is 9.47 Å². The second-order valence-corrected chi connectivity index (χ2v) is 6.57. The number of fused-ring (bicyclic) bond motifs is 2. The molecule has 2 aliphatic heterocycles. The molecule has 2 aromatic carbocycles. The maximum absolute atomic E-state index is 12.6. The average Bonchev–Trinajstić information content (AvgIpc) is 3.39. The van der Waals surface area contributed by atoms with Gasteiger partial charge in [-0.3, -0.25) is 9.59 Å². The molecule has 27 heavy (non-hydrogen) atoms. The number of nitrogens with one attached hydrogen (secondary N) is 2. The highest BCUT2D eigenvalue weighted by atomic mass is 16.7. The zero-order valence-corrected chi connectivity index (χ0v) is 14.3. The molecule has 5 rings (SSSR count). The van der Waals surface area contributed by atoms with Crippen LogP contribution in [0.5, 0.6) is 11.5 Å². The van der Waals surface area contributed by atoms with E-state index in [1.807, 2.05) is 12.1 Å². The van der Waals surface area contributed by atoms with Gasteiger partial charge in [-0.05, 0) is 30.3 Å². The fourth-order valence-corrected chi connectivity index (χ4v) is 3.44. The quantitative estimate of drug-likeness (QED) is 0.743. The maximum Gasteiger partial charge on any atom is 0.231 e. The first-order chi connectivity index (χ1) is 13.2. The normalized spacial score (nSPS) is 18.3. The lowest BCUT2D eigenvalue weighted by Gasteiger charge is -2.17. The number of hydrogen-bond donors (Lipinski definition) is 2. The summed E-state index contributed by atoms with van der Waals surface area (Å²) < 4.78 is 10.7. The summed E-state index contributed by atoms with van der Waals surface area (Å²) in [5, 5.41) is 2.89. The summed E-state index contributed by atoms with van der Waals surface area (Å²) in [6, 6.07) is 10.8. The van der Waals surface area contributed by atoms with E-state index in [2.05, 4.69) is 15.3 Å². The molecule has 1 unspecified atom stereocenters. The summed E-state index contributed by atoms with van der Waals surface area (Å²) in [4.78, 5) is 33.9. The molecule has 1 atom stereocenters. The lowest BCUT2D eigenvalue weighted by molar-refractivity contribution is -0.122. The number of amides is 2. The van der Waals surface area contributed by atoms with Gasteiger partial charge in [0.2, 0.25) is 18.6 Å². The molecular formula is C19H16N4O4. The van der Waals surface area contributed by atoms with Crippen molar-refractivity contribution in [3.8, 4) is 11.5 Å². The van der Waals surface area contributed by atoms with Crippen LogP contribution in [0.3, 0.4) is 0 Å². The molecule has 1 fully saturated rings. The topological polar surface area (TPSA) is 96.5 Å². The molecule has 0 radical (unpaired) electrons. The van der Waals surface area contributed by atoms with Crippen LogP contribution in [-0.2, 0) is 9.59 Å². The number of benzene rings is 2. The van der Waals surface area contributed by atoms with Crippen molar-refractivity contribution < 1.29 is 19.1 Å². The molecule has 2 aliphatic rings. The van der Waals surface area contributed by atoms with E-state index in [1.54, 1.807) is 35.5 Å². The fourth-order valence-electron chi connectivity index (χ4n) is 3.44. The molecule has 0 bridgehead atoms. The van der Waals surface area contributed by atoms with Gasteiger partial charge in [0.15, 0.2) is 11.5 Å². The minimum absolute atomic E-state index is 0.0852. The summed E-state index contributed by atoms with van der Waals surface area (Å²) in [6.45, 7) is 0.509. The molecular weight excluding hydrogens is 348 g/mol. The summed E-state index contributed by atoms with van der Waals surface area (Å²) in [5.74, 6) is 0.596. The molecule has 2 amide bonds. The number of carbonyl (C=O) groups is 2. The van der Waals surface area contributed by atoms with E-state index < -0.39 is 5.92 Å². The second-order valence-electron chi connectivity index (χ2n) is 6.57. The minimum Gasteiger partial charge on any atom is -0.454 e. The van der Waals surface area contributed by atoms with Gasteiger partial charge in [-0.25, -0.2) is 4.98 Å². The van der Waals surface area contributed by atoms with Crippen LogP contribution >= 0.6 is 0 Å². The maximum atomic E-state index is 12.6. The van der Waals surface area contributed by atoms with Gasteiger partial charge in [0.1, 0.15) is 0 Å². The Kier molecular flexibility index (Phi) is 3.49. The van der Waals surface area contributed by atoms with Gasteiger partial charge in [0.05, 0.1) is 23.3 Å². The minimum atomic E-state index is -0.416. The summed E-state index contributed by atoms with van der Waals surface area (Å²) in [5.41, 5.74) is 3.06. The van der Waals surface area contributed by atoms with Crippen LogP contribution in [0.25, 0.3) is 11.0 Å². The number of carbonyl (C=O) groups excluding carboxylic acids is 2. The van der Waals surface area contributed by atoms with Gasteiger partial charge >= 0.3 is 0 Å². The molecule has 1 saturated heterocycles. The van der Waals surface area contributed by atoms with Gasteiger partial charge < -0.3 is 24.7 Å². The van der Waals surface area contributed by atoms with E-state index in [0.29, 0.717) is 29.4 Å². The highest BCUT2D eigenvalue weighted by Crippen LogP contribution is 2.37. The van der Waals surface area contributed by atoms with Gasteiger partial charge in [-0.1, -0.05) is 0 Å². The molecule has 8 heteroatoms. The largest absolute Gasteiger partial charge is 0.454 e. The highest BCUT2D eigenvalue weighted by molar-refractivity contribution is 6.04. The van der Waals surface area contributed by atoms with Crippen molar-refractivity contribution in [1.82, 2.24) is 9.97 Å². The van der Waals surface area contributed by atoms with E-state index in [1.165, 1.54) is 0 Å². The Balaban J connectivity index is 1.31. The number of aromatic amines is 1. The van der Waals surface area contributed by atoms with Gasteiger partial charge in [-0.2, -0.15) is 0 Å². The Morgan fingerprint density at radius 1 is 1.19 bits per heavy atom. The van der Waals surface area contributed by atoms with Crippen molar-refractivity contribution in [2.24, 2.45) is 5.92 Å². The number of H-pyrrole nitrogens is 1. The van der Waals surface area contributed by atoms with Crippen LogP contribution < -0.4 is 19.7 Å². The molecule has 3 heterocycles. The van der Waals surface area contributed by atoms with Crippen LogP contribution in [0.15, 0.2) is 42.7 Å². The van der Waals surface area contributed by atoms with E-state index >= 15 is 0 Å². The van der Waals surface area contributed by atoms with Gasteiger partial charge in [-0.15, -0.1) is 0 Å². The van der Waals surface area contributed by atoms with Crippen LogP contribution in [-0.4, -0.2) is 35.1 Å². The van der Waals surface area contributed by atoms with E-state index in [9.17, 15) is 9.59 Å². The van der Waals surface area contributed by atoms with E-state index in [-0.39, 0.29) is 25.0 Å². The van der Waals surface area contributed by atoms with Crippen molar-refractivity contribution in [3.05, 3.63) is 42.7 Å². The van der Waals surface area contributed by atoms with Crippen molar-refractivity contribution in [2.75, 3.05) is 23.6 Å². The third-order valence-electron chi connectivity index (χ3n) is 4.85. The number of ether oxygens (including phenoxy) is 2. The first-order valence-electron chi connectivity index (χ1n) is 8.61. The lowest BCUT2D eigenvalue weighted by atomic mass is 10.1. The molecule has 8 nitrogen and oxygen atoms in total. The van der Waals surface area contributed by atoms with E-state index in [0.717, 1.165) is 11.0 Å². The predicted molar refractivity (Wildman–Crippen MR) is 97.7 cm³/mol. The Labute approximate surface area is 154 Å². The third-order valence-corrected chi connectivity index (χ3v) is 4.85. The van der Waals surface area contributed by atoms with Crippen LogP contribution in [0.1, 0.15) is 6.42 Å². The zero-order valence-electron chi connectivity index (χ0n) is 14.3. The molecule has 3 aromatic rings. The molecule has 0 aliphatic carbocycles. The molecule has 136 valence electrons. The van der Waals surface area contributed by atoms with Crippen LogP contribution in [0.2, 0.25) is 0 Å². The zero-order chi connectivity index (χ0) is 18.4. The number of anilines is 2. The lowest BCUT2D eigenvalue weighted by Crippen LogP contribution is -2.28. The van der Waals surface area contributed by atoms with Crippen molar-refractivity contribution in [3.63, 3.8) is 0 Å². The van der Waals surface area contributed by atoms with Gasteiger partial charge in [0.25, 0.3) is 0 Å². The Hall–Kier alpha value is -3.55. The predicted octanol–water partition coefficient (Wildman–Crippen LogP) is 2.28. The smallest absolute Gasteiger partial charge is 0.231 e. The number of hydrogen-bond acceptors (Lipinski definition) is 5. The number of rotatable bonds is 3. The van der Waals surface area contributed by atoms with Crippen LogP contribution in [0.4, 0.5) is 11.4 Å². The van der Waals surface area contributed by atoms with Crippen molar-refractivity contribution in [2.45, 2.75) is 6.42 Å². The number of nitrogens with zero attached hydrogens (tertiary/aromatic N) is 2. The molecule has 0 spiro atoms. The third kappa shape index (κ3) is 2.75. The molecule has 2 N–H and O–H groups in total. The number of aromatic nitrogens is 2. The van der Waals surface area contributed by atoms with Crippen molar-refractivity contribution >= 4 is 34.2 Å². The summed E-state index contributed by atoms with van der Waals surface area (Å²) in [6.07, 6.45) is 1.78. The summed E-state index contributed by atoms with van der Waals surface area (Å²) in [7, 11) is 0. The number of imidazole rings is 1. The molecule has 1 aromatic heterocycles. The fraction of sp³-hybridized carbons (Fsp3) is 0.211. The second kappa shape index (κ2) is 6.01. The summed E-state index contributed by atoms with van der Waals surface area (Å²) >= 11 is 0. The Morgan fingerprint density at radius 3 is 3.00 bits per heavy atom. The van der Waals surface area contributed by atoms with Crippen molar-refractivity contribution in [1.29, 1.82) is 0 Å². The average molecular weight is 364 g/mol. The van der Waals surface area contributed by atoms with Crippen LogP contribution in [0, 0.1) is 5.92 Å². The van der Waals surface area contributed by atoms with Gasteiger partial charge in [0, 0.05) is 30.4 Å². The first kappa shape index (κ1) is 15.7. The SMILES string of the molecule is O=C(Nc1ccc2nc[nH]c2c1)C1CC(=O)N(c2ccc3c(c2)OCO3)C1. The Morgan fingerprint density at radius 2 is 2.07 bits per heavy atom. The Bertz CT molecular complexity index is 1060. The molecule has 0 saturated carbocycles. The monoisotopic (exact) mass is 364 g/mol. The first-order valence-corrected chi connectivity index (χ1v) is 8.61. The standard InChI is InChI=1S/C19H16N4O4/c24-18-5-11(8-23(18)13-2-4-16-17(7-13)27-10-26-16)19(25)22-12-1-3-14-15(6-12)21-9-20-14/h1-4,6-7,9,11H,5,8,10H2,(H,20,21)(H,22,25). The highest BCUT2D eigenvalue weighted by Gasteiger charge is 2.35.